The van der Waals surface area contributed by atoms with Crippen LogP contribution in [0.15, 0.2) is 0 Å². The first-order valence-electron chi connectivity index (χ1n) is 11.4. The van der Waals surface area contributed by atoms with E-state index in [9.17, 15) is 15.3 Å². The molecule has 3 N–H and O–H groups in total. The highest BCUT2D eigenvalue weighted by molar-refractivity contribution is 4.97. The Bertz CT molecular complexity index is 423. The summed E-state index contributed by atoms with van der Waals surface area (Å²) in [6.45, 7) is 9.11. The van der Waals surface area contributed by atoms with E-state index in [0.717, 1.165) is 44.9 Å². The Hall–Kier alpha value is -0.120. The van der Waals surface area contributed by atoms with Crippen LogP contribution in [0.3, 0.4) is 0 Å². The lowest BCUT2D eigenvalue weighted by atomic mass is 9.54. The van der Waals surface area contributed by atoms with Crippen molar-refractivity contribution >= 4 is 0 Å². The third kappa shape index (κ3) is 3.86. The lowest BCUT2D eigenvalue weighted by molar-refractivity contribution is -0.0922. The summed E-state index contributed by atoms with van der Waals surface area (Å²) in [7, 11) is 0. The molecule has 0 radical (unpaired) electrons. The molecular formula is C23H42O3. The van der Waals surface area contributed by atoms with Gasteiger partial charge >= 0.3 is 0 Å². The van der Waals surface area contributed by atoms with Crippen LogP contribution in [0.4, 0.5) is 0 Å². The molecule has 3 saturated carbocycles. The van der Waals surface area contributed by atoms with Gasteiger partial charge in [0.1, 0.15) is 0 Å². The van der Waals surface area contributed by atoms with Crippen LogP contribution < -0.4 is 0 Å². The Morgan fingerprint density at radius 2 is 0.962 bits per heavy atom. The molecule has 0 aromatic heterocycles. The molecule has 3 rings (SSSR count). The minimum atomic E-state index is -0.164. The van der Waals surface area contributed by atoms with Crippen LogP contribution in [0.5, 0.6) is 0 Å². The van der Waals surface area contributed by atoms with Crippen LogP contribution in [0.2, 0.25) is 0 Å². The lowest BCUT2D eigenvalue weighted by Gasteiger charge is -2.52. The summed E-state index contributed by atoms with van der Waals surface area (Å²) in [6.07, 6.45) is 8.06. The van der Waals surface area contributed by atoms with E-state index in [-0.39, 0.29) is 18.3 Å². The van der Waals surface area contributed by atoms with Gasteiger partial charge in [0.2, 0.25) is 0 Å². The number of rotatable bonds is 3. The third-order valence-electron chi connectivity index (χ3n) is 9.08. The van der Waals surface area contributed by atoms with Crippen molar-refractivity contribution in [2.75, 3.05) is 0 Å². The van der Waals surface area contributed by atoms with Gasteiger partial charge in [0.15, 0.2) is 0 Å². The van der Waals surface area contributed by atoms with E-state index in [4.69, 9.17) is 0 Å². The highest BCUT2D eigenvalue weighted by atomic mass is 16.3. The van der Waals surface area contributed by atoms with Crippen LogP contribution >= 0.6 is 0 Å². The molecule has 3 nitrogen and oxygen atoms in total. The van der Waals surface area contributed by atoms with Gasteiger partial charge in [0.25, 0.3) is 0 Å². The molecular weight excluding hydrogens is 324 g/mol. The molecule has 0 aromatic carbocycles. The smallest absolute Gasteiger partial charge is 0.0571 e. The van der Waals surface area contributed by atoms with Crippen LogP contribution in [0, 0.1) is 47.3 Å². The highest BCUT2D eigenvalue weighted by Gasteiger charge is 2.48. The van der Waals surface area contributed by atoms with Gasteiger partial charge in [-0.05, 0) is 85.9 Å². The normalized spacial score (nSPS) is 51.8. The van der Waals surface area contributed by atoms with Crippen molar-refractivity contribution in [1.82, 2.24) is 0 Å². The maximum absolute atomic E-state index is 10.9. The van der Waals surface area contributed by atoms with Crippen molar-refractivity contribution < 1.29 is 15.3 Å². The zero-order valence-electron chi connectivity index (χ0n) is 17.3. The molecule has 0 saturated heterocycles. The Labute approximate surface area is 160 Å². The molecule has 3 heteroatoms. The summed E-state index contributed by atoms with van der Waals surface area (Å²) in [5, 5.41) is 31.6. The van der Waals surface area contributed by atoms with Crippen LogP contribution in [0.25, 0.3) is 0 Å². The molecule has 0 bridgehead atoms. The number of hydrogen-bond donors (Lipinski definition) is 3. The molecule has 10 unspecified atom stereocenters. The fourth-order valence-corrected chi connectivity index (χ4v) is 6.89. The maximum Gasteiger partial charge on any atom is 0.0571 e. The van der Waals surface area contributed by atoms with Crippen LogP contribution in [0.1, 0.15) is 79.1 Å². The standard InChI is InChI=1S/C23H42O3/c1-13-15(3)20(24)11-9-17(13)23(19-7-5-6-8-22(19)26)18-10-12-21(25)16(4)14(18)2/h13-26H,5-12H2,1-4H3. The first-order valence-corrected chi connectivity index (χ1v) is 11.4. The maximum atomic E-state index is 10.9. The van der Waals surface area contributed by atoms with E-state index in [1.165, 1.54) is 6.42 Å². The SMILES string of the molecule is CC1C(O)CCC(C(C2CCCCC2O)C2CCC(O)C(C)C2C)C1C. The van der Waals surface area contributed by atoms with Crippen molar-refractivity contribution in [2.45, 2.75) is 97.4 Å². The first-order chi connectivity index (χ1) is 12.3. The fourth-order valence-electron chi connectivity index (χ4n) is 6.89. The van der Waals surface area contributed by atoms with E-state index in [2.05, 4.69) is 27.7 Å². The molecule has 10 atom stereocenters. The van der Waals surface area contributed by atoms with Gasteiger partial charge in [0, 0.05) is 0 Å². The largest absolute Gasteiger partial charge is 0.393 e. The van der Waals surface area contributed by atoms with Gasteiger partial charge in [-0.25, -0.2) is 0 Å². The second-order valence-corrected chi connectivity index (χ2v) is 10.1. The summed E-state index contributed by atoms with van der Waals surface area (Å²) < 4.78 is 0. The third-order valence-corrected chi connectivity index (χ3v) is 9.08. The monoisotopic (exact) mass is 366 g/mol. The number of aliphatic hydroxyl groups is 3. The summed E-state index contributed by atoms with van der Waals surface area (Å²) >= 11 is 0. The van der Waals surface area contributed by atoms with Crippen LogP contribution in [-0.2, 0) is 0 Å². The second kappa shape index (κ2) is 8.49. The fraction of sp³-hybridized carbons (Fsp3) is 1.00. The topological polar surface area (TPSA) is 60.7 Å². The van der Waals surface area contributed by atoms with Crippen molar-refractivity contribution in [1.29, 1.82) is 0 Å². The van der Waals surface area contributed by atoms with Crippen molar-refractivity contribution in [3.8, 4) is 0 Å². The molecule has 3 aliphatic carbocycles. The van der Waals surface area contributed by atoms with Gasteiger partial charge in [-0.1, -0.05) is 40.5 Å². The molecule has 0 heterocycles. The van der Waals surface area contributed by atoms with Crippen molar-refractivity contribution in [3.05, 3.63) is 0 Å². The predicted octanol–water partition coefficient (Wildman–Crippen LogP) is 4.24. The molecule has 0 aromatic rings. The predicted molar refractivity (Wildman–Crippen MR) is 106 cm³/mol. The molecule has 3 aliphatic rings. The summed E-state index contributed by atoms with van der Waals surface area (Å²) in [5.74, 6) is 3.85. The second-order valence-electron chi connectivity index (χ2n) is 10.1. The summed E-state index contributed by atoms with van der Waals surface area (Å²) in [4.78, 5) is 0. The average Bonchev–Trinajstić information content (AvgIpc) is 2.62. The van der Waals surface area contributed by atoms with E-state index in [0.29, 0.717) is 47.3 Å². The molecule has 0 aliphatic heterocycles. The minimum absolute atomic E-state index is 0.155. The first kappa shape index (κ1) is 20.6. The molecule has 26 heavy (non-hydrogen) atoms. The quantitative estimate of drug-likeness (QED) is 0.700. The summed E-state index contributed by atoms with van der Waals surface area (Å²) in [6, 6.07) is 0. The lowest BCUT2D eigenvalue weighted by Crippen LogP contribution is -2.49. The van der Waals surface area contributed by atoms with Gasteiger partial charge in [-0.2, -0.15) is 0 Å². The Balaban J connectivity index is 1.89. The van der Waals surface area contributed by atoms with E-state index in [1.807, 2.05) is 0 Å². The van der Waals surface area contributed by atoms with Gasteiger partial charge < -0.3 is 15.3 Å². The molecule has 0 amide bonds. The Morgan fingerprint density at radius 3 is 1.42 bits per heavy atom. The van der Waals surface area contributed by atoms with E-state index >= 15 is 0 Å². The van der Waals surface area contributed by atoms with Gasteiger partial charge in [0.05, 0.1) is 18.3 Å². The zero-order chi connectivity index (χ0) is 19.0. The number of hydrogen-bond acceptors (Lipinski definition) is 3. The Morgan fingerprint density at radius 1 is 0.500 bits per heavy atom. The van der Waals surface area contributed by atoms with E-state index < -0.39 is 0 Å². The van der Waals surface area contributed by atoms with Gasteiger partial charge in [-0.3, -0.25) is 0 Å². The minimum Gasteiger partial charge on any atom is -0.393 e. The Kier molecular flexibility index (Phi) is 6.73. The number of aliphatic hydroxyl groups excluding tert-OH is 3. The van der Waals surface area contributed by atoms with Gasteiger partial charge in [-0.15, -0.1) is 0 Å². The van der Waals surface area contributed by atoms with E-state index in [1.54, 1.807) is 0 Å². The average molecular weight is 367 g/mol. The summed E-state index contributed by atoms with van der Waals surface area (Å²) in [5.41, 5.74) is 0. The van der Waals surface area contributed by atoms with Crippen molar-refractivity contribution in [3.63, 3.8) is 0 Å². The zero-order valence-corrected chi connectivity index (χ0v) is 17.3. The molecule has 3 fully saturated rings. The van der Waals surface area contributed by atoms with Crippen LogP contribution in [-0.4, -0.2) is 33.6 Å². The molecule has 152 valence electrons. The van der Waals surface area contributed by atoms with Crippen molar-refractivity contribution in [2.24, 2.45) is 47.3 Å². The molecule has 0 spiro atoms. The highest BCUT2D eigenvalue weighted by Crippen LogP contribution is 2.52.